The van der Waals surface area contributed by atoms with Gasteiger partial charge >= 0.3 is 0 Å². The minimum absolute atomic E-state index is 0.707. The first-order valence-corrected chi connectivity index (χ1v) is 4.85. The van der Waals surface area contributed by atoms with Crippen LogP contribution in [0.15, 0.2) is 12.2 Å². The van der Waals surface area contributed by atoms with E-state index >= 15 is 0 Å². The minimum atomic E-state index is 0.707. The molecule has 0 radical (unpaired) electrons. The lowest BCUT2D eigenvalue weighted by Gasteiger charge is -2.04. The summed E-state index contributed by atoms with van der Waals surface area (Å²) in [5.74, 6) is 1.48. The molecule has 0 saturated heterocycles. The summed E-state index contributed by atoms with van der Waals surface area (Å²) in [5, 5.41) is 0. The van der Waals surface area contributed by atoms with Crippen LogP contribution in [-0.2, 0) is 0 Å². The van der Waals surface area contributed by atoms with Crippen LogP contribution in [0.1, 0.15) is 47.0 Å². The van der Waals surface area contributed by atoms with Crippen molar-refractivity contribution in [2.45, 2.75) is 47.0 Å². The molecule has 0 N–H and O–H groups in total. The van der Waals surface area contributed by atoms with Gasteiger partial charge in [0.25, 0.3) is 0 Å². The average molecular weight is 154 g/mol. The molecule has 0 fully saturated rings. The van der Waals surface area contributed by atoms with Crippen LogP contribution in [0.2, 0.25) is 0 Å². The van der Waals surface area contributed by atoms with Crippen molar-refractivity contribution in [3.05, 3.63) is 12.2 Å². The first-order valence-electron chi connectivity index (χ1n) is 4.85. The maximum atomic E-state index is 2.35. The Morgan fingerprint density at radius 1 is 1.09 bits per heavy atom. The Morgan fingerprint density at radius 2 is 1.73 bits per heavy atom. The van der Waals surface area contributed by atoms with Crippen LogP contribution in [0.3, 0.4) is 0 Å². The molecule has 0 amide bonds. The molecule has 0 aliphatic carbocycles. The Hall–Kier alpha value is -0.260. The Morgan fingerprint density at radius 3 is 2.18 bits per heavy atom. The van der Waals surface area contributed by atoms with Crippen molar-refractivity contribution in [1.29, 1.82) is 0 Å². The zero-order valence-corrected chi connectivity index (χ0v) is 8.43. The number of hydrogen-bond acceptors (Lipinski definition) is 0. The van der Waals surface area contributed by atoms with Gasteiger partial charge in [-0.3, -0.25) is 0 Å². The van der Waals surface area contributed by atoms with E-state index in [0.717, 1.165) is 5.92 Å². The fraction of sp³-hybridized carbons (Fsp3) is 0.818. The van der Waals surface area contributed by atoms with Crippen LogP contribution >= 0.6 is 0 Å². The van der Waals surface area contributed by atoms with Gasteiger partial charge in [-0.15, -0.1) is 0 Å². The van der Waals surface area contributed by atoms with Crippen LogP contribution < -0.4 is 0 Å². The third-order valence-electron chi connectivity index (χ3n) is 1.84. The van der Waals surface area contributed by atoms with Crippen molar-refractivity contribution < 1.29 is 0 Å². The number of allylic oxidation sites excluding steroid dienone is 2. The quantitative estimate of drug-likeness (QED) is 0.524. The van der Waals surface area contributed by atoms with E-state index in [2.05, 4.69) is 39.8 Å². The van der Waals surface area contributed by atoms with Gasteiger partial charge < -0.3 is 0 Å². The molecule has 0 aliphatic rings. The Bertz CT molecular complexity index is 101. The van der Waals surface area contributed by atoms with E-state index in [9.17, 15) is 0 Å². The molecule has 66 valence electrons. The van der Waals surface area contributed by atoms with Crippen molar-refractivity contribution >= 4 is 0 Å². The van der Waals surface area contributed by atoms with Crippen LogP contribution in [-0.4, -0.2) is 0 Å². The molecule has 0 aromatic rings. The molecule has 0 nitrogen and oxygen atoms in total. The largest absolute Gasteiger partial charge is 0.0857 e. The van der Waals surface area contributed by atoms with Crippen molar-refractivity contribution in [1.82, 2.24) is 0 Å². The highest BCUT2D eigenvalue weighted by Crippen LogP contribution is 2.10. The SMILES string of the molecule is CCCC[C@H](C)/C=C/C(C)C. The first-order chi connectivity index (χ1) is 5.16. The Labute approximate surface area is 71.7 Å². The van der Waals surface area contributed by atoms with Crippen molar-refractivity contribution in [3.63, 3.8) is 0 Å². The summed E-state index contributed by atoms with van der Waals surface area (Å²) in [6.45, 7) is 9.00. The predicted octanol–water partition coefficient (Wildman–Crippen LogP) is 4.02. The molecule has 0 unspecified atom stereocenters. The Balaban J connectivity index is 3.42. The number of hydrogen-bond donors (Lipinski definition) is 0. The molecule has 0 aliphatic heterocycles. The maximum Gasteiger partial charge on any atom is -0.0262 e. The fourth-order valence-corrected chi connectivity index (χ4v) is 1.03. The van der Waals surface area contributed by atoms with E-state index in [1.807, 2.05) is 0 Å². The summed E-state index contributed by atoms with van der Waals surface area (Å²) in [7, 11) is 0. The van der Waals surface area contributed by atoms with Gasteiger partial charge in [-0.05, 0) is 18.3 Å². The van der Waals surface area contributed by atoms with Gasteiger partial charge in [0.2, 0.25) is 0 Å². The topological polar surface area (TPSA) is 0 Å². The highest BCUT2D eigenvalue weighted by atomic mass is 14.0. The van der Waals surface area contributed by atoms with Crippen LogP contribution in [0, 0.1) is 11.8 Å². The summed E-state index contributed by atoms with van der Waals surface area (Å²) in [4.78, 5) is 0. The first kappa shape index (κ1) is 10.7. The lowest BCUT2D eigenvalue weighted by Crippen LogP contribution is -1.90. The average Bonchev–Trinajstić information content (AvgIpc) is 1.97. The smallest absolute Gasteiger partial charge is 0.0262 e. The van der Waals surface area contributed by atoms with Crippen molar-refractivity contribution in [3.8, 4) is 0 Å². The standard InChI is InChI=1S/C11H22/c1-5-6-7-11(4)9-8-10(2)3/h8-11H,5-7H2,1-4H3/b9-8+/t11-/m0/s1. The van der Waals surface area contributed by atoms with E-state index in [1.165, 1.54) is 19.3 Å². The van der Waals surface area contributed by atoms with Crippen LogP contribution in [0.4, 0.5) is 0 Å². The highest BCUT2D eigenvalue weighted by Gasteiger charge is 1.95. The van der Waals surface area contributed by atoms with E-state index < -0.39 is 0 Å². The minimum Gasteiger partial charge on any atom is -0.0857 e. The van der Waals surface area contributed by atoms with E-state index in [-0.39, 0.29) is 0 Å². The zero-order valence-electron chi connectivity index (χ0n) is 8.43. The molecular weight excluding hydrogens is 132 g/mol. The van der Waals surface area contributed by atoms with Crippen LogP contribution in [0.5, 0.6) is 0 Å². The van der Waals surface area contributed by atoms with Crippen molar-refractivity contribution in [2.24, 2.45) is 11.8 Å². The second kappa shape index (κ2) is 6.45. The molecule has 0 aromatic carbocycles. The summed E-state index contributed by atoms with van der Waals surface area (Å²) < 4.78 is 0. The van der Waals surface area contributed by atoms with Gasteiger partial charge in [-0.2, -0.15) is 0 Å². The summed E-state index contributed by atoms with van der Waals surface area (Å²) in [6, 6.07) is 0. The Kier molecular flexibility index (Phi) is 6.30. The van der Waals surface area contributed by atoms with Gasteiger partial charge in [-0.25, -0.2) is 0 Å². The third-order valence-corrected chi connectivity index (χ3v) is 1.84. The second-order valence-corrected chi connectivity index (χ2v) is 3.75. The molecule has 0 bridgehead atoms. The summed E-state index contributed by atoms with van der Waals surface area (Å²) in [5.41, 5.74) is 0. The fourth-order valence-electron chi connectivity index (χ4n) is 1.03. The normalized spacial score (nSPS) is 14.6. The molecule has 0 heteroatoms. The van der Waals surface area contributed by atoms with E-state index in [0.29, 0.717) is 5.92 Å². The van der Waals surface area contributed by atoms with E-state index in [1.54, 1.807) is 0 Å². The molecule has 0 rings (SSSR count). The lowest BCUT2D eigenvalue weighted by molar-refractivity contribution is 0.594. The summed E-state index contributed by atoms with van der Waals surface area (Å²) in [6.07, 6.45) is 8.68. The number of rotatable bonds is 5. The monoisotopic (exact) mass is 154 g/mol. The van der Waals surface area contributed by atoms with Gasteiger partial charge in [0.15, 0.2) is 0 Å². The third kappa shape index (κ3) is 7.64. The lowest BCUT2D eigenvalue weighted by atomic mass is 10.0. The van der Waals surface area contributed by atoms with Crippen LogP contribution in [0.25, 0.3) is 0 Å². The molecule has 0 heterocycles. The van der Waals surface area contributed by atoms with Gasteiger partial charge in [0, 0.05) is 0 Å². The molecule has 0 spiro atoms. The molecule has 1 atom stereocenters. The van der Waals surface area contributed by atoms with E-state index in [4.69, 9.17) is 0 Å². The summed E-state index contributed by atoms with van der Waals surface area (Å²) >= 11 is 0. The zero-order chi connectivity index (χ0) is 8.69. The molecule has 0 aromatic heterocycles. The molecular formula is C11H22. The molecule has 0 saturated carbocycles. The van der Waals surface area contributed by atoms with Gasteiger partial charge in [0.05, 0.1) is 0 Å². The van der Waals surface area contributed by atoms with Gasteiger partial charge in [-0.1, -0.05) is 52.7 Å². The predicted molar refractivity (Wildman–Crippen MR) is 52.7 cm³/mol. The maximum absolute atomic E-state index is 2.35. The number of unbranched alkanes of at least 4 members (excludes halogenated alkanes) is 1. The van der Waals surface area contributed by atoms with Gasteiger partial charge in [0.1, 0.15) is 0 Å². The molecule has 11 heavy (non-hydrogen) atoms. The van der Waals surface area contributed by atoms with Crippen molar-refractivity contribution in [2.75, 3.05) is 0 Å². The highest BCUT2D eigenvalue weighted by molar-refractivity contribution is 4.88. The second-order valence-electron chi connectivity index (χ2n) is 3.75.